The minimum Gasteiger partial charge on any atom is -0.490 e. The number of pyridine rings is 1. The first-order chi connectivity index (χ1) is 13.4. The first-order valence-corrected chi connectivity index (χ1v) is 10.2. The van der Waals surface area contributed by atoms with Crippen LogP contribution in [0.15, 0.2) is 12.3 Å². The highest BCUT2D eigenvalue weighted by Gasteiger charge is 2.44. The number of nitriles is 1. The van der Waals surface area contributed by atoms with Gasteiger partial charge in [0.1, 0.15) is 23.2 Å². The summed E-state index contributed by atoms with van der Waals surface area (Å²) in [5, 5.41) is 9.49. The topological polar surface area (TPSA) is 81.4 Å². The van der Waals surface area contributed by atoms with Gasteiger partial charge in [0.2, 0.25) is 5.88 Å². The Hall–Kier alpha value is -1.84. The van der Waals surface area contributed by atoms with E-state index in [1.165, 1.54) is 0 Å². The van der Waals surface area contributed by atoms with Crippen molar-refractivity contribution in [3.8, 4) is 17.7 Å². The lowest BCUT2D eigenvalue weighted by Crippen LogP contribution is -2.36. The average molecular weight is 407 g/mol. The lowest BCUT2D eigenvalue weighted by atomic mass is 9.83. The Morgan fingerprint density at radius 1 is 1.43 bits per heavy atom. The molecule has 2 fully saturated rings. The van der Waals surface area contributed by atoms with Gasteiger partial charge in [0.15, 0.2) is 0 Å². The minimum absolute atomic E-state index is 0.200. The monoisotopic (exact) mass is 406 g/mol. The highest BCUT2D eigenvalue weighted by atomic mass is 35.5. The number of ether oxygens (including phenoxy) is 3. The van der Waals surface area contributed by atoms with Gasteiger partial charge in [-0.15, -0.1) is 0 Å². The molecule has 0 aliphatic heterocycles. The number of hydrogen-bond acceptors (Lipinski definition) is 6. The van der Waals surface area contributed by atoms with Gasteiger partial charge in [0, 0.05) is 25.3 Å². The summed E-state index contributed by atoms with van der Waals surface area (Å²) in [6.07, 6.45) is 6.02. The van der Waals surface area contributed by atoms with Crippen LogP contribution >= 0.6 is 11.6 Å². The van der Waals surface area contributed by atoms with Gasteiger partial charge in [0.25, 0.3) is 0 Å². The lowest BCUT2D eigenvalue weighted by Gasteiger charge is -2.35. The van der Waals surface area contributed by atoms with Crippen LogP contribution in [-0.4, -0.2) is 36.7 Å². The molecule has 0 radical (unpaired) electrons. The molecule has 0 unspecified atom stereocenters. The molecule has 3 rings (SSSR count). The molecular formula is C21H27ClN2O4. The summed E-state index contributed by atoms with van der Waals surface area (Å²) in [4.78, 5) is 15.3. The Labute approximate surface area is 171 Å². The molecule has 2 aliphatic carbocycles. The zero-order chi connectivity index (χ0) is 20.1. The fourth-order valence-electron chi connectivity index (χ4n) is 3.27. The van der Waals surface area contributed by atoms with Gasteiger partial charge in [-0.05, 0) is 44.4 Å². The lowest BCUT2D eigenvalue weighted by molar-refractivity contribution is -0.119. The van der Waals surface area contributed by atoms with Gasteiger partial charge in [-0.2, -0.15) is 5.26 Å². The van der Waals surface area contributed by atoms with Gasteiger partial charge < -0.3 is 19.0 Å². The Balaban J connectivity index is 1.38. The molecule has 0 saturated heterocycles. The Kier molecular flexibility index (Phi) is 6.79. The molecule has 1 aromatic heterocycles. The molecule has 1 atom stereocenters. The van der Waals surface area contributed by atoms with Crippen molar-refractivity contribution in [2.45, 2.75) is 52.1 Å². The third kappa shape index (κ3) is 5.59. The van der Waals surface area contributed by atoms with E-state index in [0.717, 1.165) is 25.7 Å². The fraction of sp³-hybridized carbons (Fsp3) is 0.667. The maximum atomic E-state index is 11.1. The number of carbonyl (C=O) groups is 1. The highest BCUT2D eigenvalue weighted by molar-refractivity contribution is 6.33. The summed E-state index contributed by atoms with van der Waals surface area (Å²) in [6, 6.07) is 3.99. The summed E-state index contributed by atoms with van der Waals surface area (Å²) >= 11 is 6.35. The predicted molar refractivity (Wildman–Crippen MR) is 104 cm³/mol. The molecule has 0 N–H and O–H groups in total. The largest absolute Gasteiger partial charge is 0.490 e. The van der Waals surface area contributed by atoms with Gasteiger partial charge in [-0.1, -0.05) is 18.5 Å². The molecule has 0 aromatic carbocycles. The van der Waals surface area contributed by atoms with E-state index in [2.05, 4.69) is 11.1 Å². The van der Waals surface area contributed by atoms with Crippen molar-refractivity contribution in [1.29, 1.82) is 5.26 Å². The smallest absolute Gasteiger partial charge is 0.236 e. The molecule has 2 aliphatic rings. The van der Waals surface area contributed by atoms with E-state index in [0.29, 0.717) is 48.8 Å². The maximum Gasteiger partial charge on any atom is 0.236 e. The minimum atomic E-state index is -0.351. The quantitative estimate of drug-likeness (QED) is 0.547. The van der Waals surface area contributed by atoms with Crippen molar-refractivity contribution < 1.29 is 19.0 Å². The number of halogens is 1. The molecule has 7 heteroatoms. The molecule has 0 spiro atoms. The first-order valence-electron chi connectivity index (χ1n) is 9.83. The Bertz CT molecular complexity index is 738. The molecule has 2 saturated carbocycles. The molecule has 0 amide bonds. The standard InChI is InChI=1S/C21H27ClN2O4/c1-14(7-15(2)25)10-26-17-8-16(9-17)11-27-20-19(22)18(3-6-24-20)28-13-21(12-23)4-5-21/h3,6,14,16-17H,4-5,7-11,13H2,1-2H3/t14-,16?,17?/m1/s1. The van der Waals surface area contributed by atoms with Crippen molar-refractivity contribution in [3.63, 3.8) is 0 Å². The van der Waals surface area contributed by atoms with Crippen LogP contribution in [-0.2, 0) is 9.53 Å². The summed E-state index contributed by atoms with van der Waals surface area (Å²) in [6.45, 7) is 5.14. The molecule has 0 bridgehead atoms. The predicted octanol–water partition coefficient (Wildman–Crippen LogP) is 4.21. The highest BCUT2D eigenvalue weighted by Crippen LogP contribution is 2.45. The normalized spacial score (nSPS) is 23.2. The van der Waals surface area contributed by atoms with Gasteiger partial charge in [-0.3, -0.25) is 0 Å². The molecule has 1 heterocycles. The third-order valence-corrected chi connectivity index (χ3v) is 5.66. The number of Topliss-reactive ketones (excluding diaryl/α,β-unsaturated/α-hetero) is 1. The van der Waals surface area contributed by atoms with E-state index >= 15 is 0 Å². The van der Waals surface area contributed by atoms with E-state index in [1.54, 1.807) is 19.2 Å². The van der Waals surface area contributed by atoms with Crippen LogP contribution in [0.3, 0.4) is 0 Å². The summed E-state index contributed by atoms with van der Waals surface area (Å²) in [7, 11) is 0. The third-order valence-electron chi connectivity index (χ3n) is 5.32. The van der Waals surface area contributed by atoms with E-state index < -0.39 is 0 Å². The summed E-state index contributed by atoms with van der Waals surface area (Å²) in [5.41, 5.74) is -0.351. The van der Waals surface area contributed by atoms with E-state index in [9.17, 15) is 4.79 Å². The van der Waals surface area contributed by atoms with Gasteiger partial charge >= 0.3 is 0 Å². The van der Waals surface area contributed by atoms with Crippen molar-refractivity contribution in [3.05, 3.63) is 17.3 Å². The fourth-order valence-corrected chi connectivity index (χ4v) is 3.49. The van der Waals surface area contributed by atoms with Crippen LogP contribution < -0.4 is 9.47 Å². The zero-order valence-electron chi connectivity index (χ0n) is 16.4. The number of rotatable bonds is 11. The Morgan fingerprint density at radius 2 is 2.18 bits per heavy atom. The van der Waals surface area contributed by atoms with E-state index in [4.69, 9.17) is 31.1 Å². The van der Waals surface area contributed by atoms with Crippen molar-refractivity contribution in [2.75, 3.05) is 19.8 Å². The zero-order valence-corrected chi connectivity index (χ0v) is 17.2. The van der Waals surface area contributed by atoms with Crippen LogP contribution in [0.25, 0.3) is 0 Å². The molecule has 152 valence electrons. The first kappa shape index (κ1) is 20.9. The second kappa shape index (κ2) is 9.11. The molecule has 1 aromatic rings. The number of carbonyl (C=O) groups excluding carboxylic acids is 1. The average Bonchev–Trinajstić information content (AvgIpc) is 3.40. The van der Waals surface area contributed by atoms with Crippen LogP contribution in [0.2, 0.25) is 5.02 Å². The van der Waals surface area contributed by atoms with Gasteiger partial charge in [-0.25, -0.2) is 4.98 Å². The van der Waals surface area contributed by atoms with E-state index in [1.807, 2.05) is 6.92 Å². The SMILES string of the molecule is CC(=O)C[C@@H](C)COC1CC(COc2nccc(OCC3(C#N)CC3)c2Cl)C1. The summed E-state index contributed by atoms with van der Waals surface area (Å²) in [5.74, 6) is 1.73. The second-order valence-electron chi connectivity index (χ2n) is 8.22. The summed E-state index contributed by atoms with van der Waals surface area (Å²) < 4.78 is 17.4. The van der Waals surface area contributed by atoms with Crippen molar-refractivity contribution in [1.82, 2.24) is 4.98 Å². The van der Waals surface area contributed by atoms with E-state index in [-0.39, 0.29) is 23.2 Å². The molecular weight excluding hydrogens is 380 g/mol. The number of aromatic nitrogens is 1. The van der Waals surface area contributed by atoms with Crippen LogP contribution in [0.5, 0.6) is 11.6 Å². The van der Waals surface area contributed by atoms with Crippen molar-refractivity contribution in [2.24, 2.45) is 17.3 Å². The molecule has 6 nitrogen and oxygen atoms in total. The Morgan fingerprint density at radius 3 is 2.82 bits per heavy atom. The second-order valence-corrected chi connectivity index (χ2v) is 8.60. The number of hydrogen-bond donors (Lipinski definition) is 0. The molecule has 28 heavy (non-hydrogen) atoms. The number of nitrogens with zero attached hydrogens (tertiary/aromatic N) is 2. The van der Waals surface area contributed by atoms with Crippen molar-refractivity contribution >= 4 is 17.4 Å². The maximum absolute atomic E-state index is 11.1. The van der Waals surface area contributed by atoms with Gasteiger partial charge in [0.05, 0.1) is 24.2 Å². The van der Waals surface area contributed by atoms with Crippen LogP contribution in [0, 0.1) is 28.6 Å². The van der Waals surface area contributed by atoms with Crippen LogP contribution in [0.1, 0.15) is 46.0 Å². The van der Waals surface area contributed by atoms with Crippen LogP contribution in [0.4, 0.5) is 0 Å². The number of ketones is 1.